The van der Waals surface area contributed by atoms with E-state index in [-0.39, 0.29) is 24.0 Å². The van der Waals surface area contributed by atoms with E-state index in [2.05, 4.69) is 16.0 Å². The number of ether oxygens (including phenoxy) is 2. The van der Waals surface area contributed by atoms with Gasteiger partial charge in [-0.05, 0) is 36.4 Å². The van der Waals surface area contributed by atoms with E-state index in [1.165, 1.54) is 6.92 Å². The second kappa shape index (κ2) is 9.37. The van der Waals surface area contributed by atoms with E-state index in [4.69, 9.17) is 9.47 Å². The molecule has 0 saturated carbocycles. The molecule has 0 radical (unpaired) electrons. The Bertz CT molecular complexity index is 999. The lowest BCUT2D eigenvalue weighted by Gasteiger charge is -2.09. The molecule has 0 spiro atoms. The van der Waals surface area contributed by atoms with Gasteiger partial charge < -0.3 is 25.4 Å². The van der Waals surface area contributed by atoms with Crippen molar-refractivity contribution in [2.45, 2.75) is 6.92 Å². The van der Waals surface area contributed by atoms with Crippen molar-refractivity contribution in [1.29, 1.82) is 0 Å². The van der Waals surface area contributed by atoms with E-state index in [1.807, 2.05) is 6.07 Å². The molecule has 0 aliphatic carbocycles. The van der Waals surface area contributed by atoms with E-state index in [9.17, 15) is 19.2 Å². The first-order valence-corrected chi connectivity index (χ1v) is 8.99. The summed E-state index contributed by atoms with van der Waals surface area (Å²) in [7, 11) is 0. The summed E-state index contributed by atoms with van der Waals surface area (Å²) in [4.78, 5) is 47.4. The maximum atomic E-state index is 12.3. The number of benzene rings is 2. The molecule has 30 heavy (non-hydrogen) atoms. The van der Waals surface area contributed by atoms with Gasteiger partial charge in [0.05, 0.1) is 0 Å². The quantitative estimate of drug-likeness (QED) is 0.472. The number of rotatable bonds is 7. The monoisotopic (exact) mass is 409 g/mol. The molecule has 0 atom stereocenters. The average molecular weight is 409 g/mol. The Kier molecular flexibility index (Phi) is 6.43. The van der Waals surface area contributed by atoms with Gasteiger partial charge in [-0.3, -0.25) is 14.4 Å². The van der Waals surface area contributed by atoms with Gasteiger partial charge in [-0.15, -0.1) is 0 Å². The normalized spacial score (nSPS) is 12.8. The van der Waals surface area contributed by atoms with Crippen LogP contribution in [-0.4, -0.2) is 36.8 Å². The fourth-order valence-corrected chi connectivity index (χ4v) is 2.61. The lowest BCUT2D eigenvalue weighted by molar-refractivity contribution is -0.144. The van der Waals surface area contributed by atoms with Crippen molar-refractivity contribution < 1.29 is 28.7 Å². The maximum absolute atomic E-state index is 12.3. The number of nitrogens with one attached hydrogen (secondary N) is 3. The van der Waals surface area contributed by atoms with Gasteiger partial charge in [-0.25, -0.2) is 4.79 Å². The molecule has 9 nitrogen and oxygen atoms in total. The topological polar surface area (TPSA) is 123 Å². The molecule has 1 aliphatic rings. The van der Waals surface area contributed by atoms with Crippen molar-refractivity contribution in [1.82, 2.24) is 0 Å². The standard InChI is InChI=1S/C21H19N3O6/c1-13(25)22-15-7-9-16(10-8-15)23-18(27)12-30-21(28)19-17(26)11-29-20(19)24-14-5-3-2-4-6-14/h2-10,24H,11-12H2,1H3,(H,22,25)(H,23,27). The highest BCUT2D eigenvalue weighted by Crippen LogP contribution is 2.20. The van der Waals surface area contributed by atoms with Crippen molar-refractivity contribution in [2.24, 2.45) is 0 Å². The van der Waals surface area contributed by atoms with E-state index in [0.717, 1.165) is 0 Å². The molecule has 3 rings (SSSR count). The fraction of sp³-hybridized carbons (Fsp3) is 0.143. The number of hydrogen-bond acceptors (Lipinski definition) is 7. The Hall–Kier alpha value is -4.14. The second-order valence-electron chi connectivity index (χ2n) is 6.29. The number of hydrogen-bond donors (Lipinski definition) is 3. The third kappa shape index (κ3) is 5.44. The Labute approximate surface area is 172 Å². The van der Waals surface area contributed by atoms with Gasteiger partial charge in [0.15, 0.2) is 18.8 Å². The Morgan fingerprint density at radius 3 is 2.20 bits per heavy atom. The highest BCUT2D eigenvalue weighted by molar-refractivity contribution is 6.20. The predicted octanol–water partition coefficient (Wildman–Crippen LogP) is 2.05. The number of esters is 1. The largest absolute Gasteiger partial charge is 0.470 e. The van der Waals surface area contributed by atoms with Crippen LogP contribution in [0.15, 0.2) is 66.1 Å². The first-order chi connectivity index (χ1) is 14.4. The molecule has 2 aromatic rings. The lowest BCUT2D eigenvalue weighted by Crippen LogP contribution is -2.24. The fourth-order valence-electron chi connectivity index (χ4n) is 2.61. The molecule has 0 fully saturated rings. The molecule has 2 amide bonds. The van der Waals surface area contributed by atoms with Gasteiger partial charge in [-0.1, -0.05) is 18.2 Å². The number of Topliss-reactive ketones (excluding diaryl/α,β-unsaturated/α-hetero) is 1. The molecule has 1 heterocycles. The molecule has 0 aromatic heterocycles. The van der Waals surface area contributed by atoms with E-state index in [0.29, 0.717) is 17.1 Å². The molecule has 154 valence electrons. The number of amides is 2. The molecule has 3 N–H and O–H groups in total. The van der Waals surface area contributed by atoms with E-state index >= 15 is 0 Å². The summed E-state index contributed by atoms with van der Waals surface area (Å²) >= 11 is 0. The summed E-state index contributed by atoms with van der Waals surface area (Å²) in [5.41, 5.74) is 1.40. The Balaban J connectivity index is 1.57. The van der Waals surface area contributed by atoms with Gasteiger partial charge in [0.25, 0.3) is 5.91 Å². The molecule has 0 bridgehead atoms. The zero-order valence-corrected chi connectivity index (χ0v) is 16.1. The SMILES string of the molecule is CC(=O)Nc1ccc(NC(=O)COC(=O)C2=C(Nc3ccccc3)OCC2=O)cc1. The summed E-state index contributed by atoms with van der Waals surface area (Å²) in [5, 5.41) is 8.01. The predicted molar refractivity (Wildman–Crippen MR) is 108 cm³/mol. The first-order valence-electron chi connectivity index (χ1n) is 8.99. The Morgan fingerprint density at radius 1 is 0.933 bits per heavy atom. The Morgan fingerprint density at radius 2 is 1.57 bits per heavy atom. The van der Waals surface area contributed by atoms with E-state index < -0.39 is 24.3 Å². The molecular weight excluding hydrogens is 390 g/mol. The van der Waals surface area contributed by atoms with Crippen LogP contribution in [0.1, 0.15) is 6.92 Å². The summed E-state index contributed by atoms with van der Waals surface area (Å²) < 4.78 is 10.2. The van der Waals surface area contributed by atoms with Crippen LogP contribution < -0.4 is 16.0 Å². The number of carbonyl (C=O) groups is 4. The minimum Gasteiger partial charge on any atom is -0.470 e. The van der Waals surface area contributed by atoms with Crippen molar-refractivity contribution >= 4 is 40.6 Å². The molecule has 1 aliphatic heterocycles. The van der Waals surface area contributed by atoms with Gasteiger partial charge in [0.1, 0.15) is 0 Å². The number of carbonyl (C=O) groups excluding carboxylic acids is 4. The highest BCUT2D eigenvalue weighted by atomic mass is 16.5. The van der Waals surface area contributed by atoms with Crippen LogP contribution in [0.4, 0.5) is 17.1 Å². The molecule has 0 unspecified atom stereocenters. The van der Waals surface area contributed by atoms with Gasteiger partial charge in [0.2, 0.25) is 17.6 Å². The number of para-hydroxylation sites is 1. The van der Waals surface area contributed by atoms with Crippen LogP contribution in [0.2, 0.25) is 0 Å². The maximum Gasteiger partial charge on any atom is 0.347 e. The van der Waals surface area contributed by atoms with Crippen LogP contribution in [0, 0.1) is 0 Å². The van der Waals surface area contributed by atoms with Crippen molar-refractivity contribution in [3.05, 3.63) is 66.1 Å². The average Bonchev–Trinajstić information content (AvgIpc) is 3.08. The second-order valence-corrected chi connectivity index (χ2v) is 6.29. The summed E-state index contributed by atoms with van der Waals surface area (Å²) in [6.45, 7) is 0.522. The van der Waals surface area contributed by atoms with Crippen molar-refractivity contribution in [2.75, 3.05) is 29.2 Å². The lowest BCUT2D eigenvalue weighted by atomic mass is 10.2. The third-order valence-electron chi connectivity index (χ3n) is 3.91. The van der Waals surface area contributed by atoms with Crippen LogP contribution in [0.3, 0.4) is 0 Å². The highest BCUT2D eigenvalue weighted by Gasteiger charge is 2.32. The summed E-state index contributed by atoms with van der Waals surface area (Å²) in [6.07, 6.45) is 0. The van der Waals surface area contributed by atoms with Crippen molar-refractivity contribution in [3.63, 3.8) is 0 Å². The summed E-state index contributed by atoms with van der Waals surface area (Å²) in [6, 6.07) is 15.3. The molecule has 2 aromatic carbocycles. The smallest absolute Gasteiger partial charge is 0.347 e. The number of ketones is 1. The van der Waals surface area contributed by atoms with Crippen LogP contribution in [0.25, 0.3) is 0 Å². The number of anilines is 3. The van der Waals surface area contributed by atoms with Crippen molar-refractivity contribution in [3.8, 4) is 0 Å². The molecule has 0 saturated heterocycles. The van der Waals surface area contributed by atoms with Crippen LogP contribution >= 0.6 is 0 Å². The summed E-state index contributed by atoms with van der Waals surface area (Å²) in [5.74, 6) is -2.29. The van der Waals surface area contributed by atoms with Gasteiger partial charge in [0, 0.05) is 24.0 Å². The third-order valence-corrected chi connectivity index (χ3v) is 3.91. The minimum atomic E-state index is -0.952. The van der Waals surface area contributed by atoms with Crippen LogP contribution in [0.5, 0.6) is 0 Å². The molecule has 9 heteroatoms. The zero-order chi connectivity index (χ0) is 21.5. The van der Waals surface area contributed by atoms with E-state index in [1.54, 1.807) is 48.5 Å². The minimum absolute atomic E-state index is 0.00910. The zero-order valence-electron chi connectivity index (χ0n) is 16.1. The van der Waals surface area contributed by atoms with Crippen LogP contribution in [-0.2, 0) is 28.7 Å². The van der Waals surface area contributed by atoms with Gasteiger partial charge >= 0.3 is 5.97 Å². The molecular formula is C21H19N3O6. The first kappa shape index (κ1) is 20.6. The van der Waals surface area contributed by atoms with Gasteiger partial charge in [-0.2, -0.15) is 0 Å².